The lowest BCUT2D eigenvalue weighted by atomic mass is 10.3. The molecule has 0 unspecified atom stereocenters. The Kier molecular flexibility index (Phi) is 5.73. The maximum absolute atomic E-state index is 11.4. The predicted molar refractivity (Wildman–Crippen MR) is 69.5 cm³/mol. The number of aromatic nitrogens is 1. The van der Waals surface area contributed by atoms with E-state index in [0.29, 0.717) is 6.61 Å². The fraction of sp³-hybridized carbons (Fsp3) is 0.417. The Labute approximate surface area is 115 Å². The molecule has 1 atom stereocenters. The molecule has 2 amide bonds. The van der Waals surface area contributed by atoms with Crippen molar-refractivity contribution in [3.05, 3.63) is 12.3 Å². The molecule has 0 aromatic carbocycles. The minimum atomic E-state index is -1.08. The Hall–Kier alpha value is -2.35. The first-order valence-corrected chi connectivity index (χ1v) is 6.04. The molecule has 1 aromatic heterocycles. The molecule has 0 spiro atoms. The Balaban J connectivity index is 2.72. The Morgan fingerprint density at radius 3 is 2.85 bits per heavy atom. The van der Waals surface area contributed by atoms with Crippen LogP contribution in [0.1, 0.15) is 20.3 Å². The predicted octanol–water partition coefficient (Wildman–Crippen LogP) is 0.538. The first kappa shape index (κ1) is 15.7. The van der Waals surface area contributed by atoms with Gasteiger partial charge in [0.2, 0.25) is 11.7 Å². The molecule has 0 aliphatic rings. The second-order valence-electron chi connectivity index (χ2n) is 3.98. The van der Waals surface area contributed by atoms with Crippen LogP contribution >= 0.6 is 0 Å². The van der Waals surface area contributed by atoms with Gasteiger partial charge in [0, 0.05) is 12.3 Å². The summed E-state index contributed by atoms with van der Waals surface area (Å²) in [6.45, 7) is 3.71. The summed E-state index contributed by atoms with van der Waals surface area (Å²) in [7, 11) is 0. The fourth-order valence-electron chi connectivity index (χ4n) is 1.15. The van der Waals surface area contributed by atoms with Crippen LogP contribution < -0.4 is 20.5 Å². The van der Waals surface area contributed by atoms with Gasteiger partial charge in [0.15, 0.2) is 5.75 Å². The zero-order chi connectivity index (χ0) is 15.1. The first-order chi connectivity index (χ1) is 9.45. The number of amides is 2. The second-order valence-corrected chi connectivity index (χ2v) is 3.98. The SMILES string of the molecule is CCCOc1ccnc(OC(=O)NC(=O)[C@@H](C)N)c1O. The summed E-state index contributed by atoms with van der Waals surface area (Å²) >= 11 is 0. The van der Waals surface area contributed by atoms with E-state index in [4.69, 9.17) is 15.2 Å². The monoisotopic (exact) mass is 283 g/mol. The standard InChI is InChI=1S/C12H17N3O5/c1-3-6-19-8-4-5-14-11(9(8)16)20-12(18)15-10(17)7(2)13/h4-5,7,16H,3,6,13H2,1-2H3,(H,15,17,18)/t7-/m1/s1. The second kappa shape index (κ2) is 7.29. The van der Waals surface area contributed by atoms with Gasteiger partial charge in [-0.25, -0.2) is 9.78 Å². The molecule has 1 rings (SSSR count). The normalized spacial score (nSPS) is 11.6. The quantitative estimate of drug-likeness (QED) is 0.720. The van der Waals surface area contributed by atoms with E-state index in [9.17, 15) is 14.7 Å². The summed E-state index contributed by atoms with van der Waals surface area (Å²) in [6.07, 6.45) is 0.977. The average Bonchev–Trinajstić information content (AvgIpc) is 2.39. The Morgan fingerprint density at radius 1 is 1.55 bits per heavy atom. The van der Waals surface area contributed by atoms with Crippen molar-refractivity contribution in [3.8, 4) is 17.4 Å². The molecule has 1 aromatic rings. The highest BCUT2D eigenvalue weighted by Crippen LogP contribution is 2.33. The van der Waals surface area contributed by atoms with Gasteiger partial charge in [0.1, 0.15) is 0 Å². The van der Waals surface area contributed by atoms with Gasteiger partial charge in [-0.2, -0.15) is 0 Å². The molecule has 20 heavy (non-hydrogen) atoms. The van der Waals surface area contributed by atoms with Gasteiger partial charge in [-0.3, -0.25) is 10.1 Å². The third-order valence-electron chi connectivity index (χ3n) is 2.14. The number of nitrogens with one attached hydrogen (secondary N) is 1. The van der Waals surface area contributed by atoms with Crippen LogP contribution in [-0.2, 0) is 4.79 Å². The molecule has 1 heterocycles. The van der Waals surface area contributed by atoms with Gasteiger partial charge in [-0.15, -0.1) is 0 Å². The zero-order valence-corrected chi connectivity index (χ0v) is 11.3. The molecule has 0 aliphatic carbocycles. The lowest BCUT2D eigenvalue weighted by Gasteiger charge is -2.10. The first-order valence-electron chi connectivity index (χ1n) is 6.04. The van der Waals surface area contributed by atoms with Crippen molar-refractivity contribution in [2.75, 3.05) is 6.61 Å². The number of nitrogens with zero attached hydrogens (tertiary/aromatic N) is 1. The molecular weight excluding hydrogens is 266 g/mol. The summed E-state index contributed by atoms with van der Waals surface area (Å²) < 4.78 is 9.96. The smallest absolute Gasteiger partial charge is 0.420 e. The van der Waals surface area contributed by atoms with Crippen molar-refractivity contribution in [1.82, 2.24) is 10.3 Å². The number of ether oxygens (including phenoxy) is 2. The Morgan fingerprint density at radius 2 is 2.25 bits per heavy atom. The summed E-state index contributed by atoms with van der Waals surface area (Å²) in [5.74, 6) is -1.33. The number of hydrogen-bond acceptors (Lipinski definition) is 7. The van der Waals surface area contributed by atoms with Crippen molar-refractivity contribution in [3.63, 3.8) is 0 Å². The van der Waals surface area contributed by atoms with Crippen molar-refractivity contribution < 1.29 is 24.2 Å². The molecule has 0 saturated carbocycles. The van der Waals surface area contributed by atoms with Crippen LogP contribution in [-0.4, -0.2) is 34.7 Å². The van der Waals surface area contributed by atoms with E-state index in [2.05, 4.69) is 4.98 Å². The molecule has 0 saturated heterocycles. The minimum absolute atomic E-state index is 0.142. The number of nitrogens with two attached hydrogens (primary N) is 1. The highest BCUT2D eigenvalue weighted by Gasteiger charge is 2.17. The van der Waals surface area contributed by atoms with E-state index >= 15 is 0 Å². The van der Waals surface area contributed by atoms with Gasteiger partial charge >= 0.3 is 6.09 Å². The lowest BCUT2D eigenvalue weighted by molar-refractivity contribution is -0.121. The van der Waals surface area contributed by atoms with E-state index in [-0.39, 0.29) is 11.6 Å². The molecule has 0 radical (unpaired) electrons. The molecule has 110 valence electrons. The number of carbonyl (C=O) groups excluding carboxylic acids is 2. The number of pyridine rings is 1. The van der Waals surface area contributed by atoms with Crippen molar-refractivity contribution in [2.45, 2.75) is 26.3 Å². The van der Waals surface area contributed by atoms with Crippen LogP contribution in [0.2, 0.25) is 0 Å². The molecule has 0 fully saturated rings. The van der Waals surface area contributed by atoms with Gasteiger partial charge in [-0.1, -0.05) is 6.92 Å². The molecule has 0 bridgehead atoms. The zero-order valence-electron chi connectivity index (χ0n) is 11.3. The third-order valence-corrected chi connectivity index (χ3v) is 2.14. The number of hydrogen-bond donors (Lipinski definition) is 3. The number of rotatable bonds is 5. The van der Waals surface area contributed by atoms with Crippen LogP contribution in [0.15, 0.2) is 12.3 Å². The maximum atomic E-state index is 11.4. The van der Waals surface area contributed by atoms with Crippen molar-refractivity contribution >= 4 is 12.0 Å². The summed E-state index contributed by atoms with van der Waals surface area (Å²) in [4.78, 5) is 26.3. The van der Waals surface area contributed by atoms with Gasteiger partial charge in [0.25, 0.3) is 5.88 Å². The molecule has 4 N–H and O–H groups in total. The lowest BCUT2D eigenvalue weighted by Crippen LogP contribution is -2.42. The van der Waals surface area contributed by atoms with E-state index in [1.807, 2.05) is 12.2 Å². The highest BCUT2D eigenvalue weighted by molar-refractivity contribution is 5.95. The van der Waals surface area contributed by atoms with Crippen LogP contribution in [0.4, 0.5) is 4.79 Å². The average molecular weight is 283 g/mol. The largest absolute Gasteiger partial charge is 0.501 e. The topological polar surface area (TPSA) is 124 Å². The third kappa shape index (κ3) is 4.39. The van der Waals surface area contributed by atoms with Crippen LogP contribution in [0.3, 0.4) is 0 Å². The van der Waals surface area contributed by atoms with Gasteiger partial charge in [-0.05, 0) is 13.3 Å². The molecular formula is C12H17N3O5. The number of aromatic hydroxyl groups is 1. The van der Waals surface area contributed by atoms with Gasteiger partial charge in [0.05, 0.1) is 12.6 Å². The minimum Gasteiger partial charge on any atom is -0.501 e. The highest BCUT2D eigenvalue weighted by atomic mass is 16.6. The Bertz CT molecular complexity index is 490. The van der Waals surface area contributed by atoms with E-state index in [1.54, 1.807) is 0 Å². The number of imide groups is 1. The van der Waals surface area contributed by atoms with E-state index in [1.165, 1.54) is 19.2 Å². The van der Waals surface area contributed by atoms with Gasteiger partial charge < -0.3 is 20.3 Å². The molecule has 8 heteroatoms. The molecule has 0 aliphatic heterocycles. The summed E-state index contributed by atoms with van der Waals surface area (Å²) in [5.41, 5.74) is 5.28. The van der Waals surface area contributed by atoms with Crippen LogP contribution in [0.5, 0.6) is 17.4 Å². The number of carbonyl (C=O) groups is 2. The van der Waals surface area contributed by atoms with Crippen molar-refractivity contribution in [1.29, 1.82) is 0 Å². The molecule has 8 nitrogen and oxygen atoms in total. The van der Waals surface area contributed by atoms with E-state index < -0.39 is 23.8 Å². The van der Waals surface area contributed by atoms with Crippen molar-refractivity contribution in [2.24, 2.45) is 5.73 Å². The van der Waals surface area contributed by atoms with E-state index in [0.717, 1.165) is 6.42 Å². The van der Waals surface area contributed by atoms with Crippen LogP contribution in [0.25, 0.3) is 0 Å². The summed E-state index contributed by atoms with van der Waals surface area (Å²) in [5, 5.41) is 11.7. The summed E-state index contributed by atoms with van der Waals surface area (Å²) in [6, 6.07) is 0.575. The maximum Gasteiger partial charge on any atom is 0.420 e. The fourth-order valence-corrected chi connectivity index (χ4v) is 1.15. The van der Waals surface area contributed by atoms with Crippen LogP contribution in [0, 0.1) is 0 Å².